The number of aromatic nitrogens is 2. The van der Waals surface area contributed by atoms with Gasteiger partial charge in [-0.05, 0) is 28.9 Å². The molecule has 0 fully saturated rings. The number of rotatable bonds is 0. The second-order valence-corrected chi connectivity index (χ2v) is 2.05. The van der Waals surface area contributed by atoms with E-state index in [2.05, 4.69) is 21.9 Å². The highest BCUT2D eigenvalue weighted by atomic mass is 16.6. The summed E-state index contributed by atoms with van der Waals surface area (Å²) in [6, 6.07) is 5.57. The molecule has 49 valence electrons. The molecule has 0 bridgehead atoms. The van der Waals surface area contributed by atoms with Gasteiger partial charge in [-0.15, -0.1) is 0 Å². The van der Waals surface area contributed by atoms with Gasteiger partial charge >= 0.3 is 0 Å². The molecule has 0 unspecified atom stereocenters. The third-order valence-corrected chi connectivity index (χ3v) is 1.37. The van der Waals surface area contributed by atoms with E-state index in [0.717, 1.165) is 16.6 Å². The van der Waals surface area contributed by atoms with E-state index >= 15 is 0 Å². The van der Waals surface area contributed by atoms with Gasteiger partial charge in [0, 0.05) is 0 Å². The predicted octanol–water partition coefficient (Wildman–Crippen LogP) is 1.40. The third-order valence-electron chi connectivity index (χ3n) is 1.37. The lowest BCUT2D eigenvalue weighted by Gasteiger charge is -1.86. The van der Waals surface area contributed by atoms with Crippen LogP contribution >= 0.6 is 0 Å². The molecule has 1 aromatic heterocycles. The van der Waals surface area contributed by atoms with Crippen molar-refractivity contribution in [2.45, 2.75) is 0 Å². The molecule has 2 aromatic rings. The maximum atomic E-state index is 4.51. The van der Waals surface area contributed by atoms with Crippen LogP contribution < -0.4 is 0 Å². The predicted molar refractivity (Wildman–Crippen MR) is 36.3 cm³/mol. The topological polar surface area (TPSA) is 38.9 Å². The lowest BCUT2D eigenvalue weighted by atomic mass is 10.2. The molecule has 10 heavy (non-hydrogen) atoms. The minimum Gasteiger partial charge on any atom is -0.243 e. The maximum absolute atomic E-state index is 4.51. The van der Waals surface area contributed by atoms with Gasteiger partial charge in [-0.2, -0.15) is 0 Å². The summed E-state index contributed by atoms with van der Waals surface area (Å²) in [5.74, 6) is 0. The van der Waals surface area contributed by atoms with E-state index in [4.69, 9.17) is 0 Å². The van der Waals surface area contributed by atoms with Crippen molar-refractivity contribution >= 4 is 11.0 Å². The Morgan fingerprint density at radius 1 is 1.30 bits per heavy atom. The lowest BCUT2D eigenvalue weighted by molar-refractivity contribution is 0.315. The second-order valence-electron chi connectivity index (χ2n) is 2.05. The number of hydrogen-bond donors (Lipinski definition) is 0. The smallest absolute Gasteiger partial charge is 0.138 e. The number of benzene rings is 1. The zero-order valence-electron chi connectivity index (χ0n) is 5.24. The van der Waals surface area contributed by atoms with Gasteiger partial charge in [-0.1, -0.05) is 12.1 Å². The Morgan fingerprint density at radius 2 is 2.20 bits per heavy atom. The Morgan fingerprint density at radius 3 is 3.00 bits per heavy atom. The third kappa shape index (κ3) is 0.603. The number of nitrogens with zero attached hydrogens (tertiary/aromatic N) is 2. The lowest BCUT2D eigenvalue weighted by Crippen LogP contribution is -1.73. The second kappa shape index (κ2) is 1.80. The van der Waals surface area contributed by atoms with E-state index in [1.54, 1.807) is 0 Å². The van der Waals surface area contributed by atoms with Crippen molar-refractivity contribution in [2.75, 3.05) is 0 Å². The van der Waals surface area contributed by atoms with Gasteiger partial charge in [0.1, 0.15) is 11.0 Å². The molecular formula is C7H5N2O. The quantitative estimate of drug-likeness (QED) is 0.545. The van der Waals surface area contributed by atoms with Crippen molar-refractivity contribution in [3.63, 3.8) is 0 Å². The van der Waals surface area contributed by atoms with Crippen LogP contribution in [0.25, 0.3) is 11.0 Å². The molecule has 3 heteroatoms. The van der Waals surface area contributed by atoms with Crippen LogP contribution in [0.3, 0.4) is 0 Å². The summed E-state index contributed by atoms with van der Waals surface area (Å²) in [6.45, 7) is 3.76. The zero-order valence-corrected chi connectivity index (χ0v) is 5.24. The van der Waals surface area contributed by atoms with Gasteiger partial charge in [-0.25, -0.2) is 4.63 Å². The summed E-state index contributed by atoms with van der Waals surface area (Å²) in [6.07, 6.45) is 0. The molecule has 0 saturated carbocycles. The van der Waals surface area contributed by atoms with Crippen molar-refractivity contribution < 1.29 is 4.63 Å². The van der Waals surface area contributed by atoms with Crippen LogP contribution in [0.1, 0.15) is 5.56 Å². The average Bonchev–Trinajstić information content (AvgIpc) is 2.36. The highest BCUT2D eigenvalue weighted by Gasteiger charge is 1.99. The van der Waals surface area contributed by atoms with Crippen molar-refractivity contribution in [1.29, 1.82) is 0 Å². The van der Waals surface area contributed by atoms with Crippen LogP contribution in [-0.4, -0.2) is 10.3 Å². The first-order chi connectivity index (χ1) is 4.88. The molecular weight excluding hydrogens is 128 g/mol. The van der Waals surface area contributed by atoms with Crippen LogP contribution in [-0.2, 0) is 0 Å². The highest BCUT2D eigenvalue weighted by Crippen LogP contribution is 2.11. The van der Waals surface area contributed by atoms with Crippen LogP contribution in [0, 0.1) is 6.92 Å². The van der Waals surface area contributed by atoms with Crippen LogP contribution in [0.2, 0.25) is 0 Å². The molecule has 0 aliphatic carbocycles. The van der Waals surface area contributed by atoms with Crippen molar-refractivity contribution in [3.05, 3.63) is 30.7 Å². The summed E-state index contributed by atoms with van der Waals surface area (Å²) in [7, 11) is 0. The summed E-state index contributed by atoms with van der Waals surface area (Å²) in [5.41, 5.74) is 2.34. The number of fused-ring (bicyclic) bond motifs is 1. The molecule has 0 N–H and O–H groups in total. The molecule has 0 atom stereocenters. The summed E-state index contributed by atoms with van der Waals surface area (Å²) in [4.78, 5) is 0. The standard InChI is InChI=1S/C7H5N2O/c1-5-3-2-4-6-7(5)9-10-8-6/h2-4H,1H2. The summed E-state index contributed by atoms with van der Waals surface area (Å²) < 4.78 is 4.51. The average molecular weight is 133 g/mol. The Bertz CT molecular complexity index is 353. The molecule has 1 radical (unpaired) electrons. The molecule has 1 heterocycles. The van der Waals surface area contributed by atoms with Gasteiger partial charge in [-0.3, -0.25) is 0 Å². The molecule has 0 aliphatic rings. The maximum Gasteiger partial charge on any atom is 0.138 e. The Hall–Kier alpha value is -1.38. The zero-order chi connectivity index (χ0) is 6.97. The molecule has 2 rings (SSSR count). The molecule has 0 aliphatic heterocycles. The van der Waals surface area contributed by atoms with Crippen molar-refractivity contribution in [2.24, 2.45) is 0 Å². The van der Waals surface area contributed by atoms with E-state index in [9.17, 15) is 0 Å². The normalized spacial score (nSPS) is 10.5. The van der Waals surface area contributed by atoms with E-state index < -0.39 is 0 Å². The van der Waals surface area contributed by atoms with Gasteiger partial charge in [0.05, 0.1) is 0 Å². The van der Waals surface area contributed by atoms with Gasteiger partial charge in [0.2, 0.25) is 0 Å². The van der Waals surface area contributed by atoms with Crippen LogP contribution in [0.15, 0.2) is 22.8 Å². The first-order valence-corrected chi connectivity index (χ1v) is 2.91. The molecule has 0 spiro atoms. The Labute approximate surface area is 57.6 Å². The fourth-order valence-electron chi connectivity index (χ4n) is 0.862. The fraction of sp³-hybridized carbons (Fsp3) is 0. The van der Waals surface area contributed by atoms with E-state index in [1.807, 2.05) is 18.2 Å². The molecule has 1 aromatic carbocycles. The highest BCUT2D eigenvalue weighted by molar-refractivity contribution is 5.77. The van der Waals surface area contributed by atoms with Gasteiger partial charge in [0.15, 0.2) is 0 Å². The minimum atomic E-state index is 0.738. The summed E-state index contributed by atoms with van der Waals surface area (Å²) >= 11 is 0. The SMILES string of the molecule is [CH2]c1cccc2nonc12. The number of hydrogen-bond acceptors (Lipinski definition) is 3. The van der Waals surface area contributed by atoms with Crippen LogP contribution in [0.5, 0.6) is 0 Å². The van der Waals surface area contributed by atoms with Crippen molar-refractivity contribution in [1.82, 2.24) is 10.3 Å². The monoisotopic (exact) mass is 133 g/mol. The summed E-state index contributed by atoms with van der Waals surface area (Å²) in [5, 5.41) is 7.32. The van der Waals surface area contributed by atoms with Crippen molar-refractivity contribution in [3.8, 4) is 0 Å². The molecule has 3 nitrogen and oxygen atoms in total. The van der Waals surface area contributed by atoms with Gasteiger partial charge in [0.25, 0.3) is 0 Å². The first kappa shape index (κ1) is 5.41. The Kier molecular flexibility index (Phi) is 0.974. The minimum absolute atomic E-state index is 0.738. The van der Waals surface area contributed by atoms with Crippen LogP contribution in [0.4, 0.5) is 0 Å². The largest absolute Gasteiger partial charge is 0.243 e. The van der Waals surface area contributed by atoms with E-state index in [-0.39, 0.29) is 0 Å². The first-order valence-electron chi connectivity index (χ1n) is 2.91. The van der Waals surface area contributed by atoms with E-state index in [1.165, 1.54) is 0 Å². The molecule has 0 amide bonds. The fourth-order valence-corrected chi connectivity index (χ4v) is 0.862. The molecule has 0 saturated heterocycles. The Balaban J connectivity index is 2.95. The van der Waals surface area contributed by atoms with Gasteiger partial charge < -0.3 is 0 Å². The van der Waals surface area contributed by atoms with E-state index in [0.29, 0.717) is 0 Å².